The van der Waals surface area contributed by atoms with Crippen LogP contribution in [-0.2, 0) is 22.0 Å². The van der Waals surface area contributed by atoms with Gasteiger partial charge in [0, 0.05) is 17.5 Å². The maximum Gasteiger partial charge on any atom is 0.217 e. The van der Waals surface area contributed by atoms with Gasteiger partial charge in [-0.05, 0) is 22.8 Å². The van der Waals surface area contributed by atoms with E-state index in [0.717, 1.165) is 11.3 Å². The second-order valence-electron chi connectivity index (χ2n) is 7.69. The molecule has 0 aromatic heterocycles. The third-order valence-corrected chi connectivity index (χ3v) is 3.63. The first-order valence-electron chi connectivity index (χ1n) is 7.47. The number of nitrogens with two attached hydrogens (primary N) is 1. The molecule has 1 aromatic rings. The van der Waals surface area contributed by atoms with Gasteiger partial charge in [0.2, 0.25) is 5.91 Å². The third-order valence-electron chi connectivity index (χ3n) is 3.63. The molecule has 1 aromatic carbocycles. The van der Waals surface area contributed by atoms with E-state index in [4.69, 9.17) is 10.5 Å². The summed E-state index contributed by atoms with van der Waals surface area (Å²) in [6.45, 7) is 13.1. The topological polar surface area (TPSA) is 52.3 Å². The number of ether oxygens (including phenoxy) is 1. The Bertz CT molecular complexity index is 484. The molecule has 0 saturated heterocycles. The van der Waals surface area contributed by atoms with Gasteiger partial charge < -0.3 is 10.5 Å². The highest BCUT2D eigenvalue weighted by Crippen LogP contribution is 2.40. The largest absolute Gasteiger partial charge is 0.496 e. The molecule has 0 aliphatic carbocycles. The molecule has 0 radical (unpaired) electrons. The number of carbonyl (C=O) groups excluding carboxylic acids is 1. The highest BCUT2D eigenvalue weighted by atomic mass is 16.5. The molecule has 0 spiro atoms. The number of primary amides is 1. The smallest absolute Gasteiger partial charge is 0.217 e. The molecule has 2 N–H and O–H groups in total. The molecule has 0 aliphatic heterocycles. The predicted octanol–water partition coefficient (Wildman–Crippen LogP) is 3.71. The van der Waals surface area contributed by atoms with Crippen LogP contribution in [0.5, 0.6) is 5.75 Å². The lowest BCUT2D eigenvalue weighted by atomic mass is 9.78. The van der Waals surface area contributed by atoms with E-state index in [-0.39, 0.29) is 16.7 Å². The van der Waals surface area contributed by atoms with Crippen molar-refractivity contribution in [1.29, 1.82) is 0 Å². The van der Waals surface area contributed by atoms with Crippen LogP contribution in [0.25, 0.3) is 0 Å². The average Bonchev–Trinajstić information content (AvgIpc) is 2.32. The Hall–Kier alpha value is -1.51. The number of aryl methyl sites for hydroxylation is 1. The van der Waals surface area contributed by atoms with Crippen LogP contribution in [0.2, 0.25) is 0 Å². The predicted molar refractivity (Wildman–Crippen MR) is 87.9 cm³/mol. The van der Waals surface area contributed by atoms with Gasteiger partial charge in [-0.3, -0.25) is 4.79 Å². The van der Waals surface area contributed by atoms with Gasteiger partial charge in [-0.2, -0.15) is 0 Å². The van der Waals surface area contributed by atoms with Gasteiger partial charge in [-0.15, -0.1) is 0 Å². The van der Waals surface area contributed by atoms with Gasteiger partial charge in [0.1, 0.15) is 5.75 Å². The number of amides is 1. The SMILES string of the molecule is COc1c(C(C)(C)C)cc(CCC(N)=O)cc1C(C)(C)C. The fraction of sp³-hybridized carbons (Fsp3) is 0.611. The van der Waals surface area contributed by atoms with Crippen LogP contribution in [0.1, 0.15) is 64.7 Å². The molecule has 1 rings (SSSR count). The number of rotatable bonds is 4. The molecular weight excluding hydrogens is 262 g/mol. The summed E-state index contributed by atoms with van der Waals surface area (Å²) in [5, 5.41) is 0. The van der Waals surface area contributed by atoms with Crippen molar-refractivity contribution in [2.75, 3.05) is 7.11 Å². The van der Waals surface area contributed by atoms with Gasteiger partial charge in [0.25, 0.3) is 0 Å². The highest BCUT2D eigenvalue weighted by molar-refractivity contribution is 5.74. The van der Waals surface area contributed by atoms with Crippen molar-refractivity contribution in [3.8, 4) is 5.75 Å². The zero-order valence-corrected chi connectivity index (χ0v) is 14.5. The van der Waals surface area contributed by atoms with E-state index in [1.807, 2.05) is 0 Å². The van der Waals surface area contributed by atoms with Crippen LogP contribution >= 0.6 is 0 Å². The van der Waals surface area contributed by atoms with Crippen LogP contribution in [0.15, 0.2) is 12.1 Å². The second kappa shape index (κ2) is 6.08. The fourth-order valence-corrected chi connectivity index (χ4v) is 2.43. The van der Waals surface area contributed by atoms with E-state index < -0.39 is 0 Å². The van der Waals surface area contributed by atoms with Gasteiger partial charge in [-0.1, -0.05) is 53.7 Å². The molecule has 0 unspecified atom stereocenters. The van der Waals surface area contributed by atoms with Crippen LogP contribution < -0.4 is 10.5 Å². The maximum absolute atomic E-state index is 11.1. The normalized spacial score (nSPS) is 12.3. The minimum absolute atomic E-state index is 0.0198. The van der Waals surface area contributed by atoms with Gasteiger partial charge >= 0.3 is 0 Å². The Balaban J connectivity index is 3.47. The van der Waals surface area contributed by atoms with Crippen molar-refractivity contribution in [1.82, 2.24) is 0 Å². The Kier molecular flexibility index (Phi) is 5.08. The van der Waals surface area contributed by atoms with Crippen molar-refractivity contribution in [3.05, 3.63) is 28.8 Å². The molecular formula is C18H29NO2. The second-order valence-corrected chi connectivity index (χ2v) is 7.69. The molecule has 0 saturated carbocycles. The zero-order chi connectivity index (χ0) is 16.4. The molecule has 118 valence electrons. The highest BCUT2D eigenvalue weighted by Gasteiger charge is 2.27. The van der Waals surface area contributed by atoms with Crippen molar-refractivity contribution in [3.63, 3.8) is 0 Å². The summed E-state index contributed by atoms with van der Waals surface area (Å²) >= 11 is 0. The van der Waals surface area contributed by atoms with Crippen LogP contribution in [0.4, 0.5) is 0 Å². The van der Waals surface area contributed by atoms with Gasteiger partial charge in [0.15, 0.2) is 0 Å². The Morgan fingerprint density at radius 2 is 1.48 bits per heavy atom. The summed E-state index contributed by atoms with van der Waals surface area (Å²) in [7, 11) is 1.73. The molecule has 3 nitrogen and oxygen atoms in total. The quantitative estimate of drug-likeness (QED) is 0.919. The first kappa shape index (κ1) is 17.5. The lowest BCUT2D eigenvalue weighted by Gasteiger charge is -2.30. The Labute approximate surface area is 128 Å². The fourth-order valence-electron chi connectivity index (χ4n) is 2.43. The lowest BCUT2D eigenvalue weighted by molar-refractivity contribution is -0.117. The molecule has 0 atom stereocenters. The van der Waals surface area contributed by atoms with Crippen LogP contribution in [0.3, 0.4) is 0 Å². The summed E-state index contributed by atoms with van der Waals surface area (Å²) in [4.78, 5) is 11.1. The molecule has 3 heteroatoms. The molecule has 0 aliphatic rings. The zero-order valence-electron chi connectivity index (χ0n) is 14.5. The number of hydrogen-bond acceptors (Lipinski definition) is 2. The van der Waals surface area contributed by atoms with Crippen LogP contribution in [0, 0.1) is 0 Å². The third kappa shape index (κ3) is 4.48. The molecule has 0 fully saturated rings. The van der Waals surface area contributed by atoms with Crippen molar-refractivity contribution < 1.29 is 9.53 Å². The number of benzene rings is 1. The van der Waals surface area contributed by atoms with Gasteiger partial charge in [0.05, 0.1) is 7.11 Å². The summed E-state index contributed by atoms with van der Waals surface area (Å²) in [6, 6.07) is 4.30. The first-order chi connectivity index (χ1) is 9.46. The molecule has 0 heterocycles. The minimum Gasteiger partial charge on any atom is -0.496 e. The maximum atomic E-state index is 11.1. The van der Waals surface area contributed by atoms with Crippen LogP contribution in [-0.4, -0.2) is 13.0 Å². The monoisotopic (exact) mass is 291 g/mol. The van der Waals surface area contributed by atoms with E-state index in [2.05, 4.69) is 53.7 Å². The Morgan fingerprint density at radius 3 is 1.76 bits per heavy atom. The number of hydrogen-bond donors (Lipinski definition) is 1. The van der Waals surface area contributed by atoms with Crippen molar-refractivity contribution >= 4 is 5.91 Å². The molecule has 21 heavy (non-hydrogen) atoms. The van der Waals surface area contributed by atoms with Crippen molar-refractivity contribution in [2.24, 2.45) is 5.73 Å². The Morgan fingerprint density at radius 1 is 1.05 bits per heavy atom. The average molecular weight is 291 g/mol. The van der Waals surface area contributed by atoms with E-state index in [1.54, 1.807) is 7.11 Å². The van der Waals surface area contributed by atoms with E-state index in [0.29, 0.717) is 12.8 Å². The minimum atomic E-state index is -0.263. The van der Waals surface area contributed by atoms with Gasteiger partial charge in [-0.25, -0.2) is 0 Å². The molecule has 0 bridgehead atoms. The number of methoxy groups -OCH3 is 1. The summed E-state index contributed by atoms with van der Waals surface area (Å²) < 4.78 is 5.72. The van der Waals surface area contributed by atoms with E-state index in [9.17, 15) is 4.79 Å². The first-order valence-corrected chi connectivity index (χ1v) is 7.47. The molecule has 1 amide bonds. The lowest BCUT2D eigenvalue weighted by Crippen LogP contribution is -2.20. The van der Waals surface area contributed by atoms with E-state index >= 15 is 0 Å². The summed E-state index contributed by atoms with van der Waals surface area (Å²) in [6.07, 6.45) is 1.05. The number of carbonyl (C=O) groups is 1. The summed E-state index contributed by atoms with van der Waals surface area (Å²) in [5.41, 5.74) is 8.74. The van der Waals surface area contributed by atoms with E-state index in [1.165, 1.54) is 11.1 Å². The summed E-state index contributed by atoms with van der Waals surface area (Å²) in [5.74, 6) is 0.693. The standard InChI is InChI=1S/C18H29NO2/c1-17(2,3)13-10-12(8-9-15(19)20)11-14(16(13)21-7)18(4,5)6/h10-11H,8-9H2,1-7H3,(H2,19,20). The van der Waals surface area contributed by atoms with Crippen molar-refractivity contribution in [2.45, 2.75) is 65.2 Å².